The quantitative estimate of drug-likeness (QED) is 0.440. The minimum Gasteiger partial charge on any atom is -0.347 e. The van der Waals surface area contributed by atoms with Crippen LogP contribution in [0.4, 0.5) is 0 Å². The number of hydrogen-bond donors (Lipinski definition) is 1. The van der Waals surface area contributed by atoms with Crippen molar-refractivity contribution in [3.8, 4) is 0 Å². The molecular formula is C8H14N3O5P. The highest BCUT2D eigenvalue weighted by atomic mass is 31.2. The zero-order valence-corrected chi connectivity index (χ0v) is 10.4. The largest absolute Gasteiger partial charge is 0.366 e. The molecule has 0 radical (unpaired) electrons. The molecule has 0 spiro atoms. The van der Waals surface area contributed by atoms with Crippen LogP contribution in [0.1, 0.15) is 13.8 Å². The van der Waals surface area contributed by atoms with Crippen LogP contribution in [0.15, 0.2) is 16.9 Å². The van der Waals surface area contributed by atoms with Crippen molar-refractivity contribution in [2.45, 2.75) is 19.6 Å². The first-order valence-corrected chi connectivity index (χ1v) is 6.67. The Labute approximate surface area is 98.4 Å². The van der Waals surface area contributed by atoms with E-state index in [0.29, 0.717) is 0 Å². The average Bonchev–Trinajstić information content (AvgIpc) is 2.29. The number of nitrogens with one attached hydrogen (secondary N) is 1. The predicted molar refractivity (Wildman–Crippen MR) is 61.4 cm³/mol. The van der Waals surface area contributed by atoms with Crippen molar-refractivity contribution in [3.05, 3.63) is 22.0 Å². The third-order valence-electron chi connectivity index (χ3n) is 1.91. The highest BCUT2D eigenvalue weighted by Gasteiger charge is 2.45. The van der Waals surface area contributed by atoms with E-state index in [4.69, 9.17) is 9.05 Å². The SMILES string of the molecule is CCOP(=O)(OCC)C1N=CNC=C1[N+](=O)[O-]. The van der Waals surface area contributed by atoms with E-state index in [9.17, 15) is 14.7 Å². The number of rotatable bonds is 6. The minimum atomic E-state index is -3.65. The summed E-state index contributed by atoms with van der Waals surface area (Å²) < 4.78 is 22.4. The first-order valence-electron chi connectivity index (χ1n) is 5.06. The van der Waals surface area contributed by atoms with Crippen LogP contribution >= 0.6 is 7.60 Å². The van der Waals surface area contributed by atoms with Crippen molar-refractivity contribution in [2.24, 2.45) is 4.99 Å². The summed E-state index contributed by atoms with van der Waals surface area (Å²) in [6, 6.07) is 0. The van der Waals surface area contributed by atoms with E-state index in [1.165, 1.54) is 6.34 Å². The molecule has 0 bridgehead atoms. The maximum absolute atomic E-state index is 12.4. The normalized spacial score (nSPS) is 19.6. The van der Waals surface area contributed by atoms with E-state index in [1.54, 1.807) is 13.8 Å². The lowest BCUT2D eigenvalue weighted by molar-refractivity contribution is -0.427. The monoisotopic (exact) mass is 263 g/mol. The third kappa shape index (κ3) is 3.12. The first kappa shape index (κ1) is 13.8. The molecule has 17 heavy (non-hydrogen) atoms. The molecular weight excluding hydrogens is 249 g/mol. The summed E-state index contributed by atoms with van der Waals surface area (Å²) in [6.07, 6.45) is 2.35. The lowest BCUT2D eigenvalue weighted by Crippen LogP contribution is -2.26. The second kappa shape index (κ2) is 5.90. The number of aliphatic imine (C=N–C) groups is 1. The van der Waals surface area contributed by atoms with Gasteiger partial charge in [0.15, 0.2) is 0 Å². The fourth-order valence-electron chi connectivity index (χ4n) is 1.32. The van der Waals surface area contributed by atoms with Gasteiger partial charge in [0.25, 0.3) is 5.70 Å². The number of nitrogens with zero attached hydrogens (tertiary/aromatic N) is 2. The standard InChI is InChI=1S/C8H14N3O5P/c1-3-15-17(14,16-4-2)8-7(11(12)13)5-9-6-10-8/h5-6,8H,3-4H2,1-2H3,(H,9,10). The van der Waals surface area contributed by atoms with Gasteiger partial charge in [0, 0.05) is 0 Å². The molecule has 0 fully saturated rings. The second-order valence-corrected chi connectivity index (χ2v) is 5.11. The summed E-state index contributed by atoms with van der Waals surface area (Å²) in [7, 11) is -3.65. The van der Waals surface area contributed by atoms with Gasteiger partial charge in [-0.3, -0.25) is 14.7 Å². The molecule has 0 aromatic rings. The average molecular weight is 263 g/mol. The van der Waals surface area contributed by atoms with Crippen molar-refractivity contribution < 1.29 is 18.5 Å². The van der Waals surface area contributed by atoms with E-state index >= 15 is 0 Å². The van der Waals surface area contributed by atoms with Gasteiger partial charge in [0.1, 0.15) is 0 Å². The smallest absolute Gasteiger partial charge is 0.347 e. The zero-order chi connectivity index (χ0) is 12.9. The summed E-state index contributed by atoms with van der Waals surface area (Å²) in [6.45, 7) is 3.52. The van der Waals surface area contributed by atoms with Gasteiger partial charge >= 0.3 is 7.60 Å². The van der Waals surface area contributed by atoms with Crippen LogP contribution < -0.4 is 5.32 Å². The van der Waals surface area contributed by atoms with E-state index in [0.717, 1.165) is 6.20 Å². The number of nitro groups is 1. The fourth-order valence-corrected chi connectivity index (χ4v) is 3.12. The Hall–Kier alpha value is -1.24. The Morgan fingerprint density at radius 1 is 1.53 bits per heavy atom. The van der Waals surface area contributed by atoms with Crippen molar-refractivity contribution in [3.63, 3.8) is 0 Å². The van der Waals surface area contributed by atoms with Crippen molar-refractivity contribution in [1.82, 2.24) is 5.32 Å². The summed E-state index contributed by atoms with van der Waals surface area (Å²) in [5.41, 5.74) is -0.335. The molecule has 1 aliphatic rings. The van der Waals surface area contributed by atoms with Gasteiger partial charge in [-0.2, -0.15) is 0 Å². The van der Waals surface area contributed by atoms with Gasteiger partial charge in [-0.15, -0.1) is 0 Å². The molecule has 1 heterocycles. The van der Waals surface area contributed by atoms with Crippen LogP contribution in [0.5, 0.6) is 0 Å². The summed E-state index contributed by atoms with van der Waals surface area (Å²) in [5.74, 6) is -1.22. The fraction of sp³-hybridized carbons (Fsp3) is 0.625. The molecule has 0 aromatic carbocycles. The molecule has 1 N–H and O–H groups in total. The Balaban J connectivity index is 3.04. The van der Waals surface area contributed by atoms with Crippen LogP contribution in [-0.2, 0) is 13.6 Å². The van der Waals surface area contributed by atoms with Crippen LogP contribution in [0.2, 0.25) is 0 Å². The molecule has 96 valence electrons. The van der Waals surface area contributed by atoms with Crippen molar-refractivity contribution in [1.29, 1.82) is 0 Å². The third-order valence-corrected chi connectivity index (χ3v) is 4.15. The van der Waals surface area contributed by atoms with Crippen LogP contribution in [0.25, 0.3) is 0 Å². The van der Waals surface area contributed by atoms with E-state index in [-0.39, 0.29) is 18.9 Å². The Morgan fingerprint density at radius 2 is 2.12 bits per heavy atom. The molecule has 0 aromatic heterocycles. The van der Waals surface area contributed by atoms with Crippen LogP contribution in [0.3, 0.4) is 0 Å². The topological polar surface area (TPSA) is 103 Å². The maximum Gasteiger partial charge on any atom is 0.366 e. The first-order chi connectivity index (χ1) is 8.05. The molecule has 1 aliphatic heterocycles. The van der Waals surface area contributed by atoms with Crippen LogP contribution in [-0.4, -0.2) is 30.3 Å². The number of hydrogen-bond acceptors (Lipinski definition) is 7. The molecule has 8 nitrogen and oxygen atoms in total. The highest BCUT2D eigenvalue weighted by molar-refractivity contribution is 7.54. The van der Waals surface area contributed by atoms with Gasteiger partial charge in [-0.25, -0.2) is 4.99 Å². The Kier molecular flexibility index (Phi) is 4.80. The molecule has 1 atom stereocenters. The zero-order valence-electron chi connectivity index (χ0n) is 9.53. The molecule has 1 rings (SSSR count). The lowest BCUT2D eigenvalue weighted by Gasteiger charge is -2.22. The van der Waals surface area contributed by atoms with E-state index < -0.39 is 18.3 Å². The summed E-state index contributed by atoms with van der Waals surface area (Å²) in [5, 5.41) is 13.3. The Morgan fingerprint density at radius 3 is 2.59 bits per heavy atom. The molecule has 9 heteroatoms. The molecule has 0 aliphatic carbocycles. The van der Waals surface area contributed by atoms with E-state index in [2.05, 4.69) is 10.3 Å². The minimum absolute atomic E-state index is 0.127. The van der Waals surface area contributed by atoms with Gasteiger partial charge in [-0.05, 0) is 13.8 Å². The van der Waals surface area contributed by atoms with Crippen molar-refractivity contribution >= 4 is 13.9 Å². The van der Waals surface area contributed by atoms with Gasteiger partial charge in [-0.1, -0.05) is 0 Å². The molecule has 1 unspecified atom stereocenters. The van der Waals surface area contributed by atoms with Gasteiger partial charge in [0.2, 0.25) is 5.78 Å². The highest BCUT2D eigenvalue weighted by Crippen LogP contribution is 2.56. The Bertz CT molecular complexity index is 385. The van der Waals surface area contributed by atoms with Gasteiger partial charge < -0.3 is 14.4 Å². The predicted octanol–water partition coefficient (Wildman–Crippen LogP) is 1.33. The van der Waals surface area contributed by atoms with Crippen LogP contribution in [0, 0.1) is 10.1 Å². The van der Waals surface area contributed by atoms with E-state index in [1.807, 2.05) is 0 Å². The second-order valence-electron chi connectivity index (χ2n) is 3.02. The molecule has 0 amide bonds. The molecule has 0 saturated heterocycles. The van der Waals surface area contributed by atoms with Crippen molar-refractivity contribution in [2.75, 3.05) is 13.2 Å². The maximum atomic E-state index is 12.4. The van der Waals surface area contributed by atoms with Gasteiger partial charge in [0.05, 0.1) is 30.7 Å². The summed E-state index contributed by atoms with van der Waals surface area (Å²) >= 11 is 0. The summed E-state index contributed by atoms with van der Waals surface area (Å²) in [4.78, 5) is 13.9. The lowest BCUT2D eigenvalue weighted by atomic mass is 10.4. The molecule has 0 saturated carbocycles.